The topological polar surface area (TPSA) is 437 Å². The van der Waals surface area contributed by atoms with Crippen LogP contribution >= 0.6 is 12.3 Å². The molecule has 1 unspecified atom stereocenters. The van der Waals surface area contributed by atoms with Crippen molar-refractivity contribution in [2.45, 2.75) is 145 Å². The fourth-order valence-corrected chi connectivity index (χ4v) is 9.15. The Morgan fingerprint density at radius 2 is 1.55 bits per heavy atom. The Labute approximate surface area is 461 Å². The van der Waals surface area contributed by atoms with Crippen molar-refractivity contribution in [3.05, 3.63) is 23.8 Å². The standard InChI is InChI=1S/C44H66N8O22S.Na/c1-19-15-52-34(35(19)60)39(64)45-14-23(55)12-25(46-42(67)71-44(3,4)5)36(61)47-31(20(2)54)40(65)51-16-24(56)13-26(51)37(62)48-32(29(59)10-21-6-7-27(57)30(11-21)72-75-74-73-69)38(63)49-33(41(52)66)28(58)8-9-50-22(17-53)18-70-43(50)68;/h6-7,11,19-20,22-26,28-29,31-35,53-60,69H,8-10,12-18H2,1-5H3,(H,45,64)(H,46,67)(H,47,61)(H,48,62)(H,49,63);/q;+1/p-1/t19-,20+,22?,23+,24+,25+,26+,28-,29-,31+,32+,33+,34+,35+;/m1./s1. The third-order valence-electron chi connectivity index (χ3n) is 12.7. The van der Waals surface area contributed by atoms with E-state index in [0.717, 1.165) is 33.8 Å². The summed E-state index contributed by atoms with van der Waals surface area (Å²) in [5.41, 5.74) is -1.02. The molecule has 30 nitrogen and oxygen atoms in total. The van der Waals surface area contributed by atoms with Crippen LogP contribution in [-0.2, 0) is 54.0 Å². The fourth-order valence-electron chi connectivity index (χ4n) is 8.89. The van der Waals surface area contributed by atoms with E-state index in [4.69, 9.17) is 13.7 Å². The first-order valence-electron chi connectivity index (χ1n) is 23.8. The molecule has 4 aliphatic heterocycles. The first-order chi connectivity index (χ1) is 35.2. The number of ether oxygens (including phenoxy) is 2. The van der Waals surface area contributed by atoms with E-state index >= 15 is 0 Å². The van der Waals surface area contributed by atoms with Crippen LogP contribution in [0, 0.1) is 5.92 Å². The number of nitrogens with one attached hydrogen (secondary N) is 5. The van der Waals surface area contributed by atoms with Crippen LogP contribution in [0.25, 0.3) is 0 Å². The number of cyclic esters (lactones) is 1. The number of rotatable bonds is 14. The summed E-state index contributed by atoms with van der Waals surface area (Å²) < 4.78 is 19.4. The summed E-state index contributed by atoms with van der Waals surface area (Å²) in [6.07, 6.45) is -14.9. The summed E-state index contributed by atoms with van der Waals surface area (Å²) in [4.78, 5) is 115. The van der Waals surface area contributed by atoms with Crippen molar-refractivity contribution in [3.63, 3.8) is 0 Å². The molecular formula is C44H65N8NaO22S. The third kappa shape index (κ3) is 16.6. The average molecular weight is 1110 g/mol. The number of hydrogen-bond acceptors (Lipinski definition) is 23. The number of benzene rings is 1. The van der Waals surface area contributed by atoms with E-state index in [-0.39, 0.29) is 72.9 Å². The molecular weight excluding hydrogens is 1050 g/mol. The predicted octanol–water partition coefficient (Wildman–Crippen LogP) is -9.19. The molecule has 420 valence electrons. The van der Waals surface area contributed by atoms with Crippen molar-refractivity contribution in [1.29, 1.82) is 0 Å². The summed E-state index contributed by atoms with van der Waals surface area (Å²) in [5.74, 6) is -8.98. The number of fused-ring (bicyclic) bond motifs is 2. The number of aromatic hydroxyl groups is 1. The summed E-state index contributed by atoms with van der Waals surface area (Å²) >= 11 is -0.00387. The number of carbonyl (C=O) groups excluding carboxylic acids is 8. The molecule has 0 bridgehead atoms. The van der Waals surface area contributed by atoms with Crippen LogP contribution in [0.5, 0.6) is 11.5 Å². The van der Waals surface area contributed by atoms with Crippen molar-refractivity contribution in [1.82, 2.24) is 41.3 Å². The van der Waals surface area contributed by atoms with E-state index < -0.39 is 189 Å². The number of aliphatic hydroxyl groups excluding tert-OH is 7. The van der Waals surface area contributed by atoms with E-state index in [0.29, 0.717) is 0 Å². The van der Waals surface area contributed by atoms with Crippen LogP contribution in [0.3, 0.4) is 0 Å². The maximum Gasteiger partial charge on any atom is 1.00 e. The monoisotopic (exact) mass is 1110 g/mol. The van der Waals surface area contributed by atoms with Crippen LogP contribution in [0.2, 0.25) is 0 Å². The second-order valence-corrected chi connectivity index (χ2v) is 20.1. The molecule has 4 fully saturated rings. The van der Waals surface area contributed by atoms with E-state index in [1.54, 1.807) is 0 Å². The number of β-amino-alcohol motifs (C(OH)–C–C–N with tert-alkyl or cyclic N) is 1. The molecule has 8 amide bonds. The molecule has 13 N–H and O–H groups in total. The van der Waals surface area contributed by atoms with Gasteiger partial charge in [0.1, 0.15) is 48.5 Å². The Morgan fingerprint density at radius 1 is 0.895 bits per heavy atom. The van der Waals surface area contributed by atoms with Crippen LogP contribution in [0.15, 0.2) is 18.2 Å². The Hall–Kier alpha value is -4.87. The van der Waals surface area contributed by atoms with Crippen LogP contribution in [0.4, 0.5) is 9.59 Å². The van der Waals surface area contributed by atoms with E-state index in [1.165, 1.54) is 33.8 Å². The summed E-state index contributed by atoms with van der Waals surface area (Å²) in [6.45, 7) is 4.29. The predicted molar refractivity (Wildman–Crippen MR) is 249 cm³/mol. The molecule has 0 radical (unpaired) electrons. The van der Waals surface area contributed by atoms with E-state index in [9.17, 15) is 84.5 Å². The Morgan fingerprint density at radius 3 is 2.20 bits per heavy atom. The molecule has 4 heterocycles. The first-order valence-corrected chi connectivity index (χ1v) is 24.4. The third-order valence-corrected chi connectivity index (χ3v) is 13.1. The van der Waals surface area contributed by atoms with Gasteiger partial charge in [0.2, 0.25) is 35.4 Å². The minimum Gasteiger partial charge on any atom is -0.691 e. The summed E-state index contributed by atoms with van der Waals surface area (Å²) in [7, 11) is 0. The van der Waals surface area contributed by atoms with Crippen molar-refractivity contribution in [2.24, 2.45) is 5.92 Å². The van der Waals surface area contributed by atoms with Gasteiger partial charge in [-0.1, -0.05) is 13.0 Å². The van der Waals surface area contributed by atoms with Crippen molar-refractivity contribution < 1.29 is 137 Å². The zero-order valence-corrected chi connectivity index (χ0v) is 45.2. The maximum atomic E-state index is 14.9. The number of alkyl carbamates (subject to hydrolysis) is 1. The Kier molecular flexibility index (Phi) is 23.6. The van der Waals surface area contributed by atoms with Gasteiger partial charge < -0.3 is 96.2 Å². The molecule has 14 atom stereocenters. The second-order valence-electron chi connectivity index (χ2n) is 19.7. The molecule has 1 aromatic carbocycles. The van der Waals surface area contributed by atoms with Gasteiger partial charge in [-0.05, 0) is 51.8 Å². The number of phenolic OH excluding ortho intramolecular Hbond substituents is 1. The molecule has 76 heavy (non-hydrogen) atoms. The quantitative estimate of drug-likeness (QED) is 0.0270. The molecule has 1 aromatic rings. The molecule has 0 aliphatic carbocycles. The minimum absolute atomic E-state index is 0. The molecule has 4 saturated heterocycles. The molecule has 5 rings (SSSR count). The van der Waals surface area contributed by atoms with E-state index in [1.807, 2.05) is 0 Å². The Bertz CT molecular complexity index is 2230. The van der Waals surface area contributed by atoms with Gasteiger partial charge in [0.15, 0.2) is 11.5 Å². The van der Waals surface area contributed by atoms with Gasteiger partial charge in [0, 0.05) is 51.4 Å². The van der Waals surface area contributed by atoms with Crippen LogP contribution < -0.4 is 65.6 Å². The Balaban J connectivity index is 0.0000125. The zero-order chi connectivity index (χ0) is 55.6. The van der Waals surface area contributed by atoms with Gasteiger partial charge in [-0.3, -0.25) is 38.7 Å². The van der Waals surface area contributed by atoms with Crippen LogP contribution in [0.1, 0.15) is 59.4 Å². The molecule has 0 saturated carbocycles. The number of nitrogens with zero attached hydrogens (tertiary/aromatic N) is 3. The van der Waals surface area contributed by atoms with Gasteiger partial charge in [0.05, 0.1) is 49.3 Å². The smallest absolute Gasteiger partial charge is 0.691 e. The van der Waals surface area contributed by atoms with Gasteiger partial charge in [-0.25, -0.2) is 9.59 Å². The van der Waals surface area contributed by atoms with Crippen molar-refractivity contribution in [2.75, 3.05) is 39.4 Å². The molecule has 0 aromatic heterocycles. The second kappa shape index (κ2) is 28.1. The largest absolute Gasteiger partial charge is 1.00 e. The summed E-state index contributed by atoms with van der Waals surface area (Å²) in [5, 5.41) is 114. The normalized spacial score (nSPS) is 29.5. The zero-order valence-electron chi connectivity index (χ0n) is 42.4. The van der Waals surface area contributed by atoms with E-state index in [2.05, 4.69) is 36.0 Å². The number of aliphatic hydroxyl groups is 7. The van der Waals surface area contributed by atoms with Crippen LogP contribution in [-0.4, -0.2) is 227 Å². The van der Waals surface area contributed by atoms with Gasteiger partial charge in [0.25, 0.3) is 12.3 Å². The first kappa shape index (κ1) is 63.7. The van der Waals surface area contributed by atoms with Crippen molar-refractivity contribution in [3.8, 4) is 11.5 Å². The van der Waals surface area contributed by atoms with Crippen molar-refractivity contribution >= 4 is 60.0 Å². The number of amides is 8. The van der Waals surface area contributed by atoms with Gasteiger partial charge in [-0.15, -0.1) is 4.33 Å². The molecule has 32 heteroatoms. The van der Waals surface area contributed by atoms with Gasteiger partial charge >= 0.3 is 41.7 Å². The SMILES string of the molecule is C[C@H](O)[C@@H]1NC(=O)[C@@H](NC(=O)OC(C)(C)C)C[C@H](O)CNC(=O)[C@@H]2[C@@H](O)[C@H](C)CN2C(=O)[C@H]([C@H](O)CCN2C(=O)OCC2CO)NC(=O)[C@H]([C@H](O)Cc2ccc(O)c(OSOO[O-])c2)NC(=O)[C@@H]2C[C@H](O)CN2C1=O.[Na+]. The summed E-state index contributed by atoms with van der Waals surface area (Å²) in [6, 6.07) is -8.91. The van der Waals surface area contributed by atoms with Gasteiger partial charge in [-0.2, -0.15) is 0 Å². The fraction of sp³-hybridized carbons (Fsp3) is 0.682. The average Bonchev–Trinajstić information content (AvgIpc) is 4.01. The number of hydrogen-bond donors (Lipinski definition) is 13. The molecule has 4 aliphatic rings. The molecule has 0 spiro atoms. The maximum absolute atomic E-state index is 14.9. The number of phenols is 1. The minimum atomic E-state index is -2.18. The number of carbonyl (C=O) groups is 8.